The summed E-state index contributed by atoms with van der Waals surface area (Å²) in [5.41, 5.74) is 0.902. The SMILES string of the molecule is CCC([O-])COc1ccc(N=Nc2ccc(Nc3ccc(S(=O)(=O)N(C)S(=O)(=O)c4ccccc4)cc3[N+](=O)[O-])cc2)cc1.[Li+]. The van der Waals surface area contributed by atoms with E-state index in [4.69, 9.17) is 4.74 Å². The maximum absolute atomic E-state index is 13.1. The fraction of sp³-hybridized carbons (Fsp3) is 0.172. The molecule has 0 fully saturated rings. The van der Waals surface area contributed by atoms with E-state index in [-0.39, 0.29) is 39.8 Å². The second kappa shape index (κ2) is 15.3. The average Bonchev–Trinajstić information content (AvgIpc) is 3.03. The van der Waals surface area contributed by atoms with Gasteiger partial charge in [-0.1, -0.05) is 41.4 Å². The zero-order valence-electron chi connectivity index (χ0n) is 24.6. The van der Waals surface area contributed by atoms with Crippen molar-refractivity contribution in [2.75, 3.05) is 19.0 Å². The monoisotopic (exact) mass is 645 g/mol. The molecule has 4 aromatic carbocycles. The topological polar surface area (TPSA) is 184 Å². The Morgan fingerprint density at radius 1 is 0.844 bits per heavy atom. The predicted molar refractivity (Wildman–Crippen MR) is 162 cm³/mol. The van der Waals surface area contributed by atoms with Crippen LogP contribution in [-0.4, -0.2) is 45.2 Å². The van der Waals surface area contributed by atoms with Crippen LogP contribution in [0.4, 0.5) is 28.4 Å². The number of nitrogens with one attached hydrogen (secondary N) is 1. The molecule has 45 heavy (non-hydrogen) atoms. The number of sulfonamides is 2. The van der Waals surface area contributed by atoms with Crippen molar-refractivity contribution in [3.8, 4) is 5.75 Å². The number of anilines is 2. The summed E-state index contributed by atoms with van der Waals surface area (Å²) in [5.74, 6) is 0.553. The third kappa shape index (κ3) is 8.76. The number of azo groups is 1. The second-order valence-electron chi connectivity index (χ2n) is 9.35. The summed E-state index contributed by atoms with van der Waals surface area (Å²) in [7, 11) is -8.24. The van der Waals surface area contributed by atoms with Gasteiger partial charge in [0.25, 0.3) is 25.7 Å². The molecule has 0 saturated carbocycles. The number of hydrogen-bond acceptors (Lipinski definition) is 11. The molecule has 0 spiro atoms. The molecular weight excluding hydrogens is 617 g/mol. The fourth-order valence-electron chi connectivity index (χ4n) is 3.75. The summed E-state index contributed by atoms with van der Waals surface area (Å²) in [6.07, 6.45) is -0.303. The zero-order chi connectivity index (χ0) is 31.9. The minimum atomic E-state index is -4.66. The molecule has 16 heteroatoms. The molecule has 0 heterocycles. The molecule has 0 aliphatic carbocycles. The maximum atomic E-state index is 13.1. The van der Waals surface area contributed by atoms with Crippen molar-refractivity contribution in [3.63, 3.8) is 0 Å². The Kier molecular flexibility index (Phi) is 12.0. The Labute approximate surface area is 273 Å². The number of nitrogens with zero attached hydrogens (tertiary/aromatic N) is 4. The quantitative estimate of drug-likeness (QED) is 0.0986. The summed E-state index contributed by atoms with van der Waals surface area (Å²) in [6, 6.07) is 23.3. The standard InChI is InChI=1S/C29H28N5O8S2.Li/c1-3-24(35)20-42-25-15-13-23(14-16-25)32-31-22-11-9-21(10-12-22)30-28-18-17-27(19-29(28)34(36)37)44(40,41)33(2)43(38,39)26-7-5-4-6-8-26;/h4-19,24,30H,3,20H2,1-2H3;/q-1;+1. The number of nitro groups is 1. The molecule has 1 atom stereocenters. The van der Waals surface area contributed by atoms with Crippen molar-refractivity contribution in [2.45, 2.75) is 29.2 Å². The summed E-state index contributed by atoms with van der Waals surface area (Å²) < 4.78 is 57.7. The Morgan fingerprint density at radius 3 is 1.96 bits per heavy atom. The predicted octanol–water partition coefficient (Wildman–Crippen LogP) is 2.28. The number of hydrogen-bond donors (Lipinski definition) is 1. The summed E-state index contributed by atoms with van der Waals surface area (Å²) in [6.45, 7) is 1.88. The normalized spacial score (nSPS) is 12.4. The van der Waals surface area contributed by atoms with Crippen molar-refractivity contribution in [1.82, 2.24) is 3.71 Å². The maximum Gasteiger partial charge on any atom is 1.00 e. The number of rotatable bonds is 13. The van der Waals surface area contributed by atoms with Gasteiger partial charge in [-0.2, -0.15) is 10.2 Å². The minimum Gasteiger partial charge on any atom is -0.850 e. The molecule has 0 radical (unpaired) electrons. The molecule has 0 aliphatic heterocycles. The van der Waals surface area contributed by atoms with E-state index in [1.807, 2.05) is 0 Å². The largest absolute Gasteiger partial charge is 1.00 e. The molecule has 4 aromatic rings. The number of nitro benzene ring substituents is 1. The van der Waals surface area contributed by atoms with Gasteiger partial charge < -0.3 is 15.2 Å². The van der Waals surface area contributed by atoms with Gasteiger partial charge in [-0.15, -0.1) is 0 Å². The van der Waals surface area contributed by atoms with Gasteiger partial charge in [0.1, 0.15) is 11.4 Å². The van der Waals surface area contributed by atoms with Crippen LogP contribution >= 0.6 is 0 Å². The summed E-state index contributed by atoms with van der Waals surface area (Å²) >= 11 is 0. The van der Waals surface area contributed by atoms with E-state index in [2.05, 4.69) is 15.5 Å². The number of benzene rings is 4. The fourth-order valence-corrected chi connectivity index (χ4v) is 6.89. The Hall–Kier alpha value is -4.10. The van der Waals surface area contributed by atoms with E-state index in [0.717, 1.165) is 19.2 Å². The first-order valence-electron chi connectivity index (χ1n) is 13.2. The first-order valence-corrected chi connectivity index (χ1v) is 16.0. The smallest absolute Gasteiger partial charge is 0.850 e. The molecule has 230 valence electrons. The van der Waals surface area contributed by atoms with Gasteiger partial charge in [-0.25, -0.2) is 16.8 Å². The first kappa shape index (κ1) is 35.4. The number of ether oxygens (including phenoxy) is 1. The van der Waals surface area contributed by atoms with Crippen molar-refractivity contribution in [3.05, 3.63) is 107 Å². The van der Waals surface area contributed by atoms with E-state index >= 15 is 0 Å². The van der Waals surface area contributed by atoms with Gasteiger partial charge in [0.15, 0.2) is 0 Å². The molecule has 1 N–H and O–H groups in total. The minimum absolute atomic E-state index is 0. The first-order chi connectivity index (χ1) is 20.9. The van der Waals surface area contributed by atoms with E-state index in [1.54, 1.807) is 61.5 Å². The van der Waals surface area contributed by atoms with E-state index in [1.165, 1.54) is 30.3 Å². The summed E-state index contributed by atoms with van der Waals surface area (Å²) in [5, 5.41) is 34.5. The Morgan fingerprint density at radius 2 is 1.40 bits per heavy atom. The van der Waals surface area contributed by atoms with Crippen molar-refractivity contribution in [2.24, 2.45) is 10.2 Å². The van der Waals surface area contributed by atoms with Gasteiger partial charge in [0, 0.05) is 18.8 Å². The summed E-state index contributed by atoms with van der Waals surface area (Å²) in [4.78, 5) is 10.3. The molecule has 4 rings (SSSR count). The average molecular weight is 646 g/mol. The van der Waals surface area contributed by atoms with Crippen molar-refractivity contribution in [1.29, 1.82) is 0 Å². The molecule has 1 unspecified atom stereocenters. The van der Waals surface area contributed by atoms with Crippen molar-refractivity contribution >= 4 is 48.5 Å². The Balaban J connectivity index is 0.00000552. The van der Waals surface area contributed by atoms with E-state index < -0.39 is 41.7 Å². The van der Waals surface area contributed by atoms with Crippen LogP contribution in [0, 0.1) is 10.1 Å². The van der Waals surface area contributed by atoms with Crippen LogP contribution in [0.25, 0.3) is 0 Å². The Bertz CT molecular complexity index is 1860. The van der Waals surface area contributed by atoms with Gasteiger partial charge in [0.05, 0.1) is 32.7 Å². The van der Waals surface area contributed by atoms with Crippen molar-refractivity contribution < 1.29 is 50.5 Å². The van der Waals surface area contributed by atoms with Crippen LogP contribution in [0.3, 0.4) is 0 Å². The zero-order valence-corrected chi connectivity index (χ0v) is 26.2. The van der Waals surface area contributed by atoms with Crippen LogP contribution < -0.4 is 34.0 Å². The van der Waals surface area contributed by atoms with Crippen LogP contribution in [0.5, 0.6) is 5.75 Å². The van der Waals surface area contributed by atoms with Gasteiger partial charge in [0.2, 0.25) is 0 Å². The molecule has 0 aromatic heterocycles. The van der Waals surface area contributed by atoms with E-state index in [0.29, 0.717) is 29.2 Å². The third-order valence-corrected chi connectivity index (χ3v) is 10.6. The van der Waals surface area contributed by atoms with Crippen LogP contribution in [-0.2, 0) is 20.0 Å². The van der Waals surface area contributed by atoms with Crippen LogP contribution in [0.15, 0.2) is 117 Å². The molecule has 13 nitrogen and oxygen atoms in total. The molecule has 0 aliphatic rings. The molecule has 0 saturated heterocycles. The molecule has 0 amide bonds. The second-order valence-corrected chi connectivity index (χ2v) is 13.5. The van der Waals surface area contributed by atoms with Crippen LogP contribution in [0.2, 0.25) is 0 Å². The molecular formula is C29H28LiN5O8S2. The van der Waals surface area contributed by atoms with Crippen LogP contribution in [0.1, 0.15) is 13.3 Å². The van der Waals surface area contributed by atoms with E-state index in [9.17, 15) is 32.1 Å². The van der Waals surface area contributed by atoms with Gasteiger partial charge in [-0.05, 0) is 72.8 Å². The molecule has 0 bridgehead atoms. The van der Waals surface area contributed by atoms with Gasteiger partial charge in [-0.3, -0.25) is 10.1 Å². The third-order valence-electron chi connectivity index (χ3n) is 6.34. The van der Waals surface area contributed by atoms with Gasteiger partial charge >= 0.3 is 18.9 Å².